The number of hydrogen-bond acceptors (Lipinski definition) is 6. The summed E-state index contributed by atoms with van der Waals surface area (Å²) in [5.41, 5.74) is 7.45. The van der Waals surface area contributed by atoms with Gasteiger partial charge in [-0.1, -0.05) is 6.42 Å². The van der Waals surface area contributed by atoms with E-state index in [0.717, 1.165) is 37.2 Å². The van der Waals surface area contributed by atoms with Crippen molar-refractivity contribution in [2.75, 3.05) is 44.9 Å². The Morgan fingerprint density at radius 3 is 2.79 bits per heavy atom. The summed E-state index contributed by atoms with van der Waals surface area (Å²) in [4.78, 5) is 18.4. The lowest BCUT2D eigenvalue weighted by molar-refractivity contribution is 0.0763. The van der Waals surface area contributed by atoms with Gasteiger partial charge in [0.1, 0.15) is 17.4 Å². The molecule has 1 saturated carbocycles. The van der Waals surface area contributed by atoms with Crippen LogP contribution in [-0.4, -0.2) is 54.8 Å². The van der Waals surface area contributed by atoms with E-state index in [9.17, 15) is 4.79 Å². The Hall–Kier alpha value is -2.87. The van der Waals surface area contributed by atoms with Crippen LogP contribution in [0, 0.1) is 5.82 Å². The third-order valence-electron chi connectivity index (χ3n) is 6.13. The first kappa shape index (κ1) is 19.4. The largest absolute Gasteiger partial charge is 0.496 e. The summed E-state index contributed by atoms with van der Waals surface area (Å²) in [5, 5.41) is 12.4. The molecule has 0 radical (unpaired) electrons. The highest BCUT2D eigenvalue weighted by atomic mass is 19.1. The molecule has 1 aromatic heterocycles. The van der Waals surface area contributed by atoms with E-state index < -0.39 is 11.7 Å². The van der Waals surface area contributed by atoms with Crippen molar-refractivity contribution in [3.05, 3.63) is 35.3 Å². The Labute approximate surface area is 168 Å². The molecule has 1 fully saturated rings. The van der Waals surface area contributed by atoms with Crippen LogP contribution in [0.4, 0.5) is 15.9 Å². The third kappa shape index (κ3) is 2.90. The lowest BCUT2D eigenvalue weighted by Crippen LogP contribution is -2.36. The Balaban J connectivity index is 1.86. The fourth-order valence-electron chi connectivity index (χ4n) is 4.35. The van der Waals surface area contributed by atoms with E-state index in [-0.39, 0.29) is 35.4 Å². The van der Waals surface area contributed by atoms with Gasteiger partial charge in [0, 0.05) is 54.1 Å². The van der Waals surface area contributed by atoms with Crippen LogP contribution in [0.1, 0.15) is 35.2 Å². The summed E-state index contributed by atoms with van der Waals surface area (Å²) in [6.45, 7) is 0.663. The first-order valence-corrected chi connectivity index (χ1v) is 9.69. The number of halogens is 1. The van der Waals surface area contributed by atoms with Gasteiger partial charge in [0.15, 0.2) is 0 Å². The van der Waals surface area contributed by atoms with E-state index in [1.165, 1.54) is 18.0 Å². The number of aliphatic hydroxyl groups is 1. The number of nitrogen functional groups attached to an aromatic ring is 1. The molecule has 4 rings (SSSR count). The number of carbonyl (C=O) groups is 1. The number of nitrogens with two attached hydrogens (primary N) is 1. The zero-order valence-corrected chi connectivity index (χ0v) is 16.6. The molecule has 0 saturated heterocycles. The Kier molecular flexibility index (Phi) is 4.82. The van der Waals surface area contributed by atoms with Crippen molar-refractivity contribution in [2.24, 2.45) is 0 Å². The van der Waals surface area contributed by atoms with Crippen LogP contribution in [0.5, 0.6) is 5.75 Å². The smallest absolute Gasteiger partial charge is 0.258 e. The number of aliphatic hydroxyl groups excluding tert-OH is 1. The van der Waals surface area contributed by atoms with E-state index in [1.807, 2.05) is 0 Å². The number of aromatic nitrogens is 1. The van der Waals surface area contributed by atoms with Gasteiger partial charge in [0.25, 0.3) is 5.91 Å². The number of hydrogen-bond donors (Lipinski definition) is 3. The fourth-order valence-corrected chi connectivity index (χ4v) is 4.35. The molecule has 0 bridgehead atoms. The highest BCUT2D eigenvalue weighted by Gasteiger charge is 2.47. The normalized spacial score (nSPS) is 16.1. The molecule has 29 heavy (non-hydrogen) atoms. The van der Waals surface area contributed by atoms with Crippen molar-refractivity contribution >= 4 is 17.4 Å². The van der Waals surface area contributed by atoms with Gasteiger partial charge in [-0.3, -0.25) is 4.79 Å². The molecule has 1 aliphatic heterocycles. The van der Waals surface area contributed by atoms with Crippen LogP contribution in [0.2, 0.25) is 0 Å². The van der Waals surface area contributed by atoms with Crippen molar-refractivity contribution in [1.29, 1.82) is 0 Å². The Bertz CT molecular complexity index is 975. The predicted octanol–water partition coefficient (Wildman–Crippen LogP) is 2.39. The molecule has 2 heterocycles. The molecule has 0 atom stereocenters. The molecule has 8 heteroatoms. The second-order valence-corrected chi connectivity index (χ2v) is 7.76. The number of benzene rings is 1. The second kappa shape index (κ2) is 7.18. The molecule has 1 amide bonds. The zero-order chi connectivity index (χ0) is 20.8. The average molecular weight is 400 g/mol. The second-order valence-electron chi connectivity index (χ2n) is 7.76. The number of fused-ring (bicyclic) bond motifs is 2. The van der Waals surface area contributed by atoms with Crippen LogP contribution in [0.15, 0.2) is 18.3 Å². The van der Waals surface area contributed by atoms with Crippen LogP contribution < -0.4 is 15.8 Å². The van der Waals surface area contributed by atoms with Crippen LogP contribution in [0.25, 0.3) is 11.1 Å². The number of amides is 1. The molecular weight excluding hydrogens is 375 g/mol. The van der Waals surface area contributed by atoms with Crippen LogP contribution >= 0.6 is 0 Å². The Morgan fingerprint density at radius 2 is 2.17 bits per heavy atom. The number of carbonyl (C=O) groups excluding carboxylic acids is 1. The van der Waals surface area contributed by atoms with Gasteiger partial charge < -0.3 is 25.8 Å². The quantitative estimate of drug-likeness (QED) is 0.667. The molecule has 0 unspecified atom stereocenters. The lowest BCUT2D eigenvalue weighted by Gasteiger charge is -2.38. The van der Waals surface area contributed by atoms with E-state index in [4.69, 9.17) is 15.6 Å². The topological polar surface area (TPSA) is 101 Å². The first-order valence-electron chi connectivity index (χ1n) is 9.69. The maximum atomic E-state index is 15.5. The van der Waals surface area contributed by atoms with Crippen molar-refractivity contribution in [3.8, 4) is 16.9 Å². The number of anilines is 2. The van der Waals surface area contributed by atoms with Crippen LogP contribution in [0.3, 0.4) is 0 Å². The molecule has 2 aliphatic rings. The lowest BCUT2D eigenvalue weighted by atomic mass is 9.65. The molecule has 4 N–H and O–H groups in total. The monoisotopic (exact) mass is 400 g/mol. The molecule has 154 valence electrons. The summed E-state index contributed by atoms with van der Waals surface area (Å²) in [7, 11) is 3.06. The minimum Gasteiger partial charge on any atom is -0.496 e. The van der Waals surface area contributed by atoms with Gasteiger partial charge >= 0.3 is 0 Å². The number of likely N-dealkylation sites (N-methyl/N-ethyl adjacent to an activating group) is 1. The van der Waals surface area contributed by atoms with E-state index in [2.05, 4.69) is 10.3 Å². The number of pyridine rings is 1. The summed E-state index contributed by atoms with van der Waals surface area (Å²) in [6, 6.07) is 3.07. The molecule has 2 aromatic rings. The summed E-state index contributed by atoms with van der Waals surface area (Å²) in [6.07, 6.45) is 4.78. The number of methoxy groups -OCH3 is 1. The number of nitrogens with one attached hydrogen (secondary N) is 1. The molecule has 7 nitrogen and oxygen atoms in total. The standard InChI is InChI=1S/C21H25FN4O3/c1-26(8-9-27)20(28)15-14(23)5-4-12(17(15)22)13-10-24-19-16(18(13)29-2)21(11-25-19)6-3-7-21/h4-5,10,27H,3,6-9,11,23H2,1-2H3,(H,24,25). The SMILES string of the molecule is COc1c(-c2ccc(N)c(C(=O)N(C)CCO)c2F)cnc2c1C1(CCC1)CN2. The Morgan fingerprint density at radius 1 is 1.41 bits per heavy atom. The summed E-state index contributed by atoms with van der Waals surface area (Å²) >= 11 is 0. The number of rotatable bonds is 5. The number of ether oxygens (including phenoxy) is 1. The van der Waals surface area contributed by atoms with Crippen molar-refractivity contribution < 1.29 is 19.0 Å². The fraction of sp³-hybridized carbons (Fsp3) is 0.429. The molecular formula is C21H25FN4O3. The molecule has 1 aliphatic carbocycles. The summed E-state index contributed by atoms with van der Waals surface area (Å²) < 4.78 is 21.3. The minimum atomic E-state index is -0.714. The van der Waals surface area contributed by atoms with Crippen molar-refractivity contribution in [2.45, 2.75) is 24.7 Å². The minimum absolute atomic E-state index is 0.0199. The van der Waals surface area contributed by atoms with Gasteiger partial charge in [-0.25, -0.2) is 9.37 Å². The van der Waals surface area contributed by atoms with Crippen molar-refractivity contribution in [1.82, 2.24) is 9.88 Å². The van der Waals surface area contributed by atoms with Gasteiger partial charge in [0.2, 0.25) is 0 Å². The third-order valence-corrected chi connectivity index (χ3v) is 6.13. The van der Waals surface area contributed by atoms with E-state index in [0.29, 0.717) is 11.3 Å². The molecule has 1 aromatic carbocycles. The van der Waals surface area contributed by atoms with Gasteiger partial charge in [0.05, 0.1) is 19.3 Å². The van der Waals surface area contributed by atoms with Gasteiger partial charge in [-0.15, -0.1) is 0 Å². The van der Waals surface area contributed by atoms with Crippen LogP contribution in [-0.2, 0) is 5.41 Å². The maximum Gasteiger partial charge on any atom is 0.258 e. The van der Waals surface area contributed by atoms with Gasteiger partial charge in [-0.2, -0.15) is 0 Å². The first-order chi connectivity index (χ1) is 13.9. The van der Waals surface area contributed by atoms with E-state index in [1.54, 1.807) is 19.4 Å². The highest BCUT2D eigenvalue weighted by Crippen LogP contribution is 2.55. The number of nitrogens with zero attached hydrogens (tertiary/aromatic N) is 2. The zero-order valence-electron chi connectivity index (χ0n) is 16.6. The highest BCUT2D eigenvalue weighted by molar-refractivity contribution is 6.01. The van der Waals surface area contributed by atoms with E-state index >= 15 is 4.39 Å². The average Bonchev–Trinajstić information content (AvgIpc) is 3.08. The van der Waals surface area contributed by atoms with Crippen molar-refractivity contribution in [3.63, 3.8) is 0 Å². The molecule has 1 spiro atoms. The maximum absolute atomic E-state index is 15.5. The summed E-state index contributed by atoms with van der Waals surface area (Å²) in [5.74, 6) is 0.0696. The predicted molar refractivity (Wildman–Crippen MR) is 109 cm³/mol. The van der Waals surface area contributed by atoms with Gasteiger partial charge in [-0.05, 0) is 25.0 Å².